The van der Waals surface area contributed by atoms with Crippen molar-refractivity contribution in [2.75, 3.05) is 11.6 Å². The number of rotatable bonds is 3. The molecule has 0 aromatic heterocycles. The number of hydrogen-bond donors (Lipinski definition) is 1. The summed E-state index contributed by atoms with van der Waals surface area (Å²) in [7, 11) is 0. The predicted molar refractivity (Wildman–Crippen MR) is 88.8 cm³/mol. The van der Waals surface area contributed by atoms with E-state index in [0.29, 0.717) is 12.0 Å². The lowest BCUT2D eigenvalue weighted by molar-refractivity contribution is 0.818. The summed E-state index contributed by atoms with van der Waals surface area (Å²) in [6.07, 6.45) is 3.21. The highest BCUT2D eigenvalue weighted by molar-refractivity contribution is 7.98. The number of hydrogen-bond acceptors (Lipinski definition) is 2. The third-order valence-electron chi connectivity index (χ3n) is 4.07. The van der Waals surface area contributed by atoms with E-state index < -0.39 is 0 Å². The Bertz CT molecular complexity index is 601. The van der Waals surface area contributed by atoms with Gasteiger partial charge in [0, 0.05) is 10.6 Å². The highest BCUT2D eigenvalue weighted by Gasteiger charge is 2.22. The van der Waals surface area contributed by atoms with Crippen molar-refractivity contribution in [1.82, 2.24) is 0 Å². The largest absolute Gasteiger partial charge is 0.378 e. The molecule has 2 aromatic rings. The Labute approximate surface area is 125 Å². The molecule has 1 nitrogen and oxygen atoms in total. The van der Waals surface area contributed by atoms with Crippen LogP contribution in [0.15, 0.2) is 47.4 Å². The summed E-state index contributed by atoms with van der Waals surface area (Å²) in [4.78, 5) is 1.33. The predicted octanol–water partition coefficient (Wildman–Crippen LogP) is 5.24. The maximum absolute atomic E-state index is 3.65. The fraction of sp³-hybridized carbons (Fsp3) is 0.333. The first-order valence-corrected chi connectivity index (χ1v) is 8.43. The Balaban J connectivity index is 1.82. The van der Waals surface area contributed by atoms with Gasteiger partial charge in [-0.3, -0.25) is 0 Å². The molecular weight excluding hydrogens is 262 g/mol. The zero-order valence-electron chi connectivity index (χ0n) is 12.3. The molecule has 104 valence electrons. The average molecular weight is 283 g/mol. The maximum atomic E-state index is 3.65. The van der Waals surface area contributed by atoms with E-state index in [-0.39, 0.29) is 0 Å². The van der Waals surface area contributed by atoms with Gasteiger partial charge in [-0.2, -0.15) is 0 Å². The number of anilines is 1. The third kappa shape index (κ3) is 2.57. The van der Waals surface area contributed by atoms with E-state index in [1.807, 2.05) is 0 Å². The molecule has 2 aromatic carbocycles. The molecule has 1 heterocycles. The van der Waals surface area contributed by atoms with Crippen LogP contribution in [-0.2, 0) is 6.42 Å². The highest BCUT2D eigenvalue weighted by Crippen LogP contribution is 2.36. The second kappa shape index (κ2) is 5.53. The summed E-state index contributed by atoms with van der Waals surface area (Å²) in [5, 5.41) is 3.65. The van der Waals surface area contributed by atoms with Gasteiger partial charge in [-0.15, -0.1) is 11.8 Å². The van der Waals surface area contributed by atoms with Crippen molar-refractivity contribution in [3.8, 4) is 0 Å². The van der Waals surface area contributed by atoms with Gasteiger partial charge in [-0.25, -0.2) is 0 Å². The van der Waals surface area contributed by atoms with E-state index in [1.165, 1.54) is 27.3 Å². The van der Waals surface area contributed by atoms with Crippen molar-refractivity contribution in [3.05, 3.63) is 59.2 Å². The smallest absolute Gasteiger partial charge is 0.0555 e. The zero-order valence-corrected chi connectivity index (χ0v) is 13.1. The maximum Gasteiger partial charge on any atom is 0.0555 e. The van der Waals surface area contributed by atoms with Crippen molar-refractivity contribution < 1.29 is 0 Å². The van der Waals surface area contributed by atoms with Crippen LogP contribution in [0.1, 0.15) is 42.5 Å². The first kappa shape index (κ1) is 13.6. The van der Waals surface area contributed by atoms with Crippen LogP contribution in [0.25, 0.3) is 0 Å². The second-order valence-corrected chi connectivity index (χ2v) is 6.63. The van der Waals surface area contributed by atoms with Crippen LogP contribution < -0.4 is 5.32 Å². The monoisotopic (exact) mass is 283 g/mol. The van der Waals surface area contributed by atoms with Crippen LogP contribution in [0.3, 0.4) is 0 Å². The molecule has 0 aliphatic carbocycles. The van der Waals surface area contributed by atoms with Crippen molar-refractivity contribution in [2.24, 2.45) is 0 Å². The molecule has 0 amide bonds. The van der Waals surface area contributed by atoms with Crippen LogP contribution >= 0.6 is 11.8 Å². The van der Waals surface area contributed by atoms with Gasteiger partial charge in [-0.05, 0) is 53.5 Å². The molecule has 0 bridgehead atoms. The number of benzene rings is 2. The molecule has 0 fully saturated rings. The second-order valence-electron chi connectivity index (χ2n) is 5.75. The lowest BCUT2D eigenvalue weighted by Gasteiger charge is -2.12. The van der Waals surface area contributed by atoms with E-state index in [2.05, 4.69) is 67.9 Å². The summed E-state index contributed by atoms with van der Waals surface area (Å²) in [5.41, 5.74) is 5.57. The topological polar surface area (TPSA) is 12.0 Å². The summed E-state index contributed by atoms with van der Waals surface area (Å²) in [6, 6.07) is 16.2. The molecule has 0 radical (unpaired) electrons. The first-order valence-electron chi connectivity index (χ1n) is 7.20. The molecule has 1 aliphatic rings. The van der Waals surface area contributed by atoms with Crippen molar-refractivity contribution in [2.45, 2.75) is 37.1 Å². The molecular formula is C18H21NS. The molecule has 0 spiro atoms. The van der Waals surface area contributed by atoms with Gasteiger partial charge >= 0.3 is 0 Å². The lowest BCUT2D eigenvalue weighted by Crippen LogP contribution is -2.05. The summed E-state index contributed by atoms with van der Waals surface area (Å²) in [5.74, 6) is 0.597. The molecule has 20 heavy (non-hydrogen) atoms. The minimum Gasteiger partial charge on any atom is -0.378 e. The summed E-state index contributed by atoms with van der Waals surface area (Å²) < 4.78 is 0. The van der Waals surface area contributed by atoms with E-state index in [1.54, 1.807) is 11.8 Å². The van der Waals surface area contributed by atoms with E-state index in [0.717, 1.165) is 6.42 Å². The van der Waals surface area contributed by atoms with E-state index >= 15 is 0 Å². The van der Waals surface area contributed by atoms with Crippen LogP contribution in [0.5, 0.6) is 0 Å². The molecule has 0 saturated carbocycles. The molecule has 2 heteroatoms. The molecule has 1 atom stereocenters. The Morgan fingerprint density at radius 2 is 1.85 bits per heavy atom. The summed E-state index contributed by atoms with van der Waals surface area (Å²) >= 11 is 1.79. The molecule has 1 N–H and O–H groups in total. The van der Waals surface area contributed by atoms with Crippen molar-refractivity contribution in [3.63, 3.8) is 0 Å². The standard InChI is InChI=1S/C18H21NS/c1-12(2)14-6-9-17-15(10-14)11-18(19-17)13-4-7-16(20-3)8-5-13/h4-10,12,18-19H,11H2,1-3H3. The Hall–Kier alpha value is -1.41. The van der Waals surface area contributed by atoms with Crippen LogP contribution in [0.4, 0.5) is 5.69 Å². The lowest BCUT2D eigenvalue weighted by atomic mass is 9.98. The quantitative estimate of drug-likeness (QED) is 0.773. The fourth-order valence-electron chi connectivity index (χ4n) is 2.78. The SMILES string of the molecule is CSc1ccc(C2Cc3cc(C(C)C)ccc3N2)cc1. The molecule has 0 saturated heterocycles. The zero-order chi connectivity index (χ0) is 14.1. The van der Waals surface area contributed by atoms with Gasteiger partial charge in [0.15, 0.2) is 0 Å². The Morgan fingerprint density at radius 3 is 2.50 bits per heavy atom. The minimum atomic E-state index is 0.420. The van der Waals surface area contributed by atoms with E-state index in [4.69, 9.17) is 0 Å². The number of fused-ring (bicyclic) bond motifs is 1. The van der Waals surface area contributed by atoms with Gasteiger partial charge in [0.25, 0.3) is 0 Å². The van der Waals surface area contributed by atoms with Crippen molar-refractivity contribution in [1.29, 1.82) is 0 Å². The Morgan fingerprint density at radius 1 is 1.10 bits per heavy atom. The minimum absolute atomic E-state index is 0.420. The van der Waals surface area contributed by atoms with E-state index in [9.17, 15) is 0 Å². The fourth-order valence-corrected chi connectivity index (χ4v) is 3.19. The Kier molecular flexibility index (Phi) is 3.75. The third-order valence-corrected chi connectivity index (χ3v) is 4.81. The number of thioether (sulfide) groups is 1. The van der Waals surface area contributed by atoms with Gasteiger partial charge in [0.05, 0.1) is 6.04 Å². The van der Waals surface area contributed by atoms with Crippen LogP contribution in [-0.4, -0.2) is 6.26 Å². The average Bonchev–Trinajstić information content (AvgIpc) is 2.90. The first-order chi connectivity index (χ1) is 9.67. The van der Waals surface area contributed by atoms with Crippen LogP contribution in [0.2, 0.25) is 0 Å². The summed E-state index contributed by atoms with van der Waals surface area (Å²) in [6.45, 7) is 4.51. The molecule has 1 aliphatic heterocycles. The number of nitrogens with one attached hydrogen (secondary N) is 1. The molecule has 1 unspecified atom stereocenters. The van der Waals surface area contributed by atoms with Gasteiger partial charge in [-0.1, -0.05) is 38.1 Å². The normalized spacial score (nSPS) is 17.1. The van der Waals surface area contributed by atoms with Gasteiger partial charge in [0.2, 0.25) is 0 Å². The van der Waals surface area contributed by atoms with Gasteiger partial charge in [0.1, 0.15) is 0 Å². The highest BCUT2D eigenvalue weighted by atomic mass is 32.2. The van der Waals surface area contributed by atoms with Crippen LogP contribution in [0, 0.1) is 0 Å². The molecule has 3 rings (SSSR count). The van der Waals surface area contributed by atoms with Crippen molar-refractivity contribution >= 4 is 17.4 Å². The van der Waals surface area contributed by atoms with Gasteiger partial charge < -0.3 is 5.32 Å².